The van der Waals surface area contributed by atoms with Crippen LogP contribution in [-0.2, 0) is 14.5 Å². The lowest BCUT2D eigenvalue weighted by Gasteiger charge is -2.57. The molecule has 1 aliphatic heterocycles. The van der Waals surface area contributed by atoms with Crippen LogP contribution in [0.25, 0.3) is 0 Å². The molecule has 7 rings (SSSR count). The standard InChI is InChI=1S/C26H36O5/c1-24(2,16-27)28-23-5-3-19(4-6-23)20-7-9-25(10-8-20)29-26(31-30-25)21-12-17-11-18(14-21)15-22(26)13-17/h3-6,17-18,20-22,27H,7-16H2,1-2H3. The van der Waals surface area contributed by atoms with Crippen molar-refractivity contribution < 1.29 is 24.4 Å². The number of rotatable bonds is 4. The van der Waals surface area contributed by atoms with E-state index in [2.05, 4.69) is 12.1 Å². The minimum absolute atomic E-state index is 0.00789. The molecule has 1 N–H and O–H groups in total. The first-order valence-corrected chi connectivity index (χ1v) is 12.4. The van der Waals surface area contributed by atoms with Crippen LogP contribution in [0.2, 0.25) is 0 Å². The van der Waals surface area contributed by atoms with E-state index in [0.29, 0.717) is 17.8 Å². The molecule has 5 saturated carbocycles. The van der Waals surface area contributed by atoms with Crippen molar-refractivity contribution in [1.29, 1.82) is 0 Å². The summed E-state index contributed by atoms with van der Waals surface area (Å²) in [5.41, 5.74) is 0.774. The van der Waals surface area contributed by atoms with Crippen LogP contribution in [-0.4, -0.2) is 28.9 Å². The SMILES string of the molecule is CC(C)(CO)Oc1ccc(C2CCC3(CC2)OOC2(O3)C3CC4CC(C3)CC2C4)cc1. The molecule has 1 aromatic rings. The van der Waals surface area contributed by atoms with Crippen molar-refractivity contribution in [1.82, 2.24) is 0 Å². The van der Waals surface area contributed by atoms with Gasteiger partial charge >= 0.3 is 0 Å². The minimum atomic E-state index is -0.566. The first-order chi connectivity index (χ1) is 14.9. The van der Waals surface area contributed by atoms with Gasteiger partial charge in [0, 0.05) is 24.7 Å². The highest BCUT2D eigenvalue weighted by Crippen LogP contribution is 2.64. The highest BCUT2D eigenvalue weighted by Gasteiger charge is 2.66. The van der Waals surface area contributed by atoms with Crippen LogP contribution in [0.4, 0.5) is 0 Å². The van der Waals surface area contributed by atoms with Gasteiger partial charge in [0.25, 0.3) is 0 Å². The van der Waals surface area contributed by atoms with E-state index < -0.39 is 17.2 Å². The van der Waals surface area contributed by atoms with Crippen molar-refractivity contribution in [2.75, 3.05) is 6.61 Å². The Bertz CT molecular complexity index is 780. The van der Waals surface area contributed by atoms with Crippen molar-refractivity contribution in [3.05, 3.63) is 29.8 Å². The van der Waals surface area contributed by atoms with E-state index >= 15 is 0 Å². The molecule has 0 radical (unpaired) electrons. The summed E-state index contributed by atoms with van der Waals surface area (Å²) in [7, 11) is 0. The van der Waals surface area contributed by atoms with E-state index in [-0.39, 0.29) is 6.61 Å². The monoisotopic (exact) mass is 428 g/mol. The van der Waals surface area contributed by atoms with E-state index in [1.54, 1.807) is 0 Å². The van der Waals surface area contributed by atoms with Gasteiger partial charge in [-0.25, -0.2) is 0 Å². The summed E-state index contributed by atoms with van der Waals surface area (Å²) < 4.78 is 12.7. The van der Waals surface area contributed by atoms with E-state index in [0.717, 1.165) is 43.3 Å². The summed E-state index contributed by atoms with van der Waals surface area (Å²) in [6.45, 7) is 3.77. The highest BCUT2D eigenvalue weighted by molar-refractivity contribution is 5.30. The molecule has 4 bridgehead atoms. The Kier molecular flexibility index (Phi) is 4.74. The van der Waals surface area contributed by atoms with Gasteiger partial charge in [0.2, 0.25) is 11.6 Å². The molecule has 5 aliphatic carbocycles. The maximum absolute atomic E-state index is 9.42. The zero-order valence-electron chi connectivity index (χ0n) is 18.8. The van der Waals surface area contributed by atoms with Gasteiger partial charge < -0.3 is 14.6 Å². The normalized spacial score (nSPS) is 43.8. The predicted octanol–water partition coefficient (Wildman–Crippen LogP) is 5.32. The van der Waals surface area contributed by atoms with E-state index in [4.69, 9.17) is 19.2 Å². The predicted molar refractivity (Wildman–Crippen MR) is 115 cm³/mol. The molecular formula is C26H36O5. The van der Waals surface area contributed by atoms with Gasteiger partial charge in [0.05, 0.1) is 6.61 Å². The second kappa shape index (κ2) is 7.18. The molecule has 0 aromatic heterocycles. The average molecular weight is 429 g/mol. The average Bonchev–Trinajstić information content (AvgIpc) is 3.13. The van der Waals surface area contributed by atoms with Gasteiger partial charge in [-0.15, -0.1) is 0 Å². The Balaban J connectivity index is 1.10. The molecule has 1 aromatic carbocycles. The number of ether oxygens (including phenoxy) is 2. The molecule has 0 unspecified atom stereocenters. The molecule has 31 heavy (non-hydrogen) atoms. The van der Waals surface area contributed by atoms with Crippen molar-refractivity contribution in [3.8, 4) is 5.75 Å². The Morgan fingerprint density at radius 3 is 2.13 bits per heavy atom. The Labute approximate surface area is 185 Å². The third kappa shape index (κ3) is 3.43. The zero-order valence-corrected chi connectivity index (χ0v) is 18.8. The fraction of sp³-hybridized carbons (Fsp3) is 0.769. The Morgan fingerprint density at radius 1 is 0.935 bits per heavy atom. The van der Waals surface area contributed by atoms with Crippen LogP contribution in [0.1, 0.15) is 83.1 Å². The van der Waals surface area contributed by atoms with Gasteiger partial charge in [-0.3, -0.25) is 0 Å². The van der Waals surface area contributed by atoms with E-state index in [1.807, 2.05) is 26.0 Å². The molecule has 0 atom stereocenters. The lowest BCUT2D eigenvalue weighted by Crippen LogP contribution is -2.59. The minimum Gasteiger partial charge on any atom is -0.485 e. The fourth-order valence-corrected chi connectivity index (χ4v) is 7.35. The summed E-state index contributed by atoms with van der Waals surface area (Å²) >= 11 is 0. The largest absolute Gasteiger partial charge is 0.485 e. The van der Waals surface area contributed by atoms with E-state index in [9.17, 15) is 5.11 Å². The maximum atomic E-state index is 9.42. The Hall–Kier alpha value is -1.14. The number of aliphatic hydroxyl groups excluding tert-OH is 1. The van der Waals surface area contributed by atoms with Crippen LogP contribution in [0.5, 0.6) is 5.75 Å². The molecule has 0 amide bonds. The van der Waals surface area contributed by atoms with Gasteiger partial charge in [0.1, 0.15) is 11.4 Å². The van der Waals surface area contributed by atoms with Gasteiger partial charge in [-0.1, -0.05) is 12.1 Å². The molecule has 1 heterocycles. The van der Waals surface area contributed by atoms with Crippen molar-refractivity contribution in [3.63, 3.8) is 0 Å². The van der Waals surface area contributed by atoms with Gasteiger partial charge in [-0.2, -0.15) is 9.78 Å². The van der Waals surface area contributed by atoms with E-state index in [1.165, 1.54) is 37.7 Å². The zero-order chi connectivity index (χ0) is 21.3. The molecule has 170 valence electrons. The van der Waals surface area contributed by atoms with Crippen molar-refractivity contribution in [2.24, 2.45) is 23.7 Å². The quantitative estimate of drug-likeness (QED) is 0.658. The number of aliphatic hydroxyl groups is 1. The first kappa shape index (κ1) is 20.5. The number of hydrogen-bond donors (Lipinski definition) is 1. The second-order valence-corrected chi connectivity index (χ2v) is 11.6. The van der Waals surface area contributed by atoms with Crippen LogP contribution in [0.3, 0.4) is 0 Å². The summed E-state index contributed by atoms with van der Waals surface area (Å²) in [5, 5.41) is 9.42. The number of benzene rings is 1. The van der Waals surface area contributed by atoms with Crippen molar-refractivity contribution >= 4 is 0 Å². The molecule has 6 aliphatic rings. The summed E-state index contributed by atoms with van der Waals surface area (Å²) in [6, 6.07) is 8.37. The smallest absolute Gasteiger partial charge is 0.210 e. The van der Waals surface area contributed by atoms with Crippen LogP contribution < -0.4 is 4.74 Å². The van der Waals surface area contributed by atoms with Crippen LogP contribution in [0.15, 0.2) is 24.3 Å². The molecule has 5 nitrogen and oxygen atoms in total. The third-order valence-corrected chi connectivity index (χ3v) is 8.82. The number of hydrogen-bond acceptors (Lipinski definition) is 5. The summed E-state index contributed by atoms with van der Waals surface area (Å²) in [5.74, 6) is 3.14. The molecular weight excluding hydrogens is 392 g/mol. The Morgan fingerprint density at radius 2 is 1.55 bits per heavy atom. The third-order valence-electron chi connectivity index (χ3n) is 8.82. The van der Waals surface area contributed by atoms with Gasteiger partial charge in [0.15, 0.2) is 0 Å². The molecule has 1 saturated heterocycles. The molecule has 6 fully saturated rings. The summed E-state index contributed by atoms with van der Waals surface area (Å²) in [4.78, 5) is 12.2. The van der Waals surface area contributed by atoms with Crippen molar-refractivity contribution in [2.45, 2.75) is 94.7 Å². The summed E-state index contributed by atoms with van der Waals surface area (Å²) in [6.07, 6.45) is 10.3. The highest BCUT2D eigenvalue weighted by atomic mass is 17.3. The molecule has 2 spiro atoms. The van der Waals surface area contributed by atoms with Crippen LogP contribution in [0, 0.1) is 23.7 Å². The fourth-order valence-electron chi connectivity index (χ4n) is 7.35. The topological polar surface area (TPSA) is 57.2 Å². The van der Waals surface area contributed by atoms with Crippen LogP contribution >= 0.6 is 0 Å². The van der Waals surface area contributed by atoms with Gasteiger partial charge in [-0.05, 0) is 94.2 Å². The lowest BCUT2D eigenvalue weighted by molar-refractivity contribution is -0.390. The second-order valence-electron chi connectivity index (χ2n) is 11.6. The first-order valence-electron chi connectivity index (χ1n) is 12.4. The maximum Gasteiger partial charge on any atom is 0.210 e. The molecule has 5 heteroatoms. The lowest BCUT2D eigenvalue weighted by atomic mass is 9.53.